The number of aliphatic hydroxyl groups excluding tert-OH is 1. The van der Waals surface area contributed by atoms with E-state index in [1.54, 1.807) is 19.2 Å². The normalized spacial score (nSPS) is 11.6. The van der Waals surface area contributed by atoms with Gasteiger partial charge in [0.25, 0.3) is 0 Å². The lowest BCUT2D eigenvalue weighted by Crippen LogP contribution is -1.99. The van der Waals surface area contributed by atoms with E-state index in [0.717, 1.165) is 31.4 Å². The summed E-state index contributed by atoms with van der Waals surface area (Å²) < 4.78 is 0. The molecule has 1 aromatic rings. The largest absolute Gasteiger partial charge is 0.501 e. The summed E-state index contributed by atoms with van der Waals surface area (Å²) in [5, 5.41) is 23.0. The topological polar surface area (TPSA) is 70.0 Å². The van der Waals surface area contributed by atoms with Crippen LogP contribution in [0, 0.1) is 17.2 Å². The average molecular weight is 338 g/mol. The molecule has 0 atom stereocenters. The summed E-state index contributed by atoms with van der Waals surface area (Å²) in [4.78, 5) is 7.91. The van der Waals surface area contributed by atoms with Crippen molar-refractivity contribution in [3.05, 3.63) is 58.7 Å². The zero-order chi connectivity index (χ0) is 18.5. The fourth-order valence-electron chi connectivity index (χ4n) is 2.20. The van der Waals surface area contributed by atoms with Gasteiger partial charge in [-0.3, -0.25) is 0 Å². The Morgan fingerprint density at radius 2 is 2.16 bits per heavy atom. The van der Waals surface area contributed by atoms with E-state index in [-0.39, 0.29) is 11.5 Å². The lowest BCUT2D eigenvalue weighted by atomic mass is 10.0. The minimum atomic E-state index is -0.0848. The van der Waals surface area contributed by atoms with Crippen molar-refractivity contribution in [2.45, 2.75) is 39.0 Å². The van der Waals surface area contributed by atoms with Gasteiger partial charge in [0.15, 0.2) is 4.98 Å². The van der Waals surface area contributed by atoms with Crippen molar-refractivity contribution in [3.63, 3.8) is 0 Å². The molecule has 0 aliphatic rings. The molecule has 0 bridgehead atoms. The van der Waals surface area contributed by atoms with Crippen LogP contribution < -0.4 is 0 Å². The molecule has 25 heavy (non-hydrogen) atoms. The number of hydrogen-bond donors (Lipinski definition) is 1. The predicted octanol–water partition coefficient (Wildman–Crippen LogP) is 5.28. The highest BCUT2D eigenvalue weighted by Crippen LogP contribution is 2.20. The summed E-state index contributed by atoms with van der Waals surface area (Å²) in [5.41, 5.74) is 2.34. The second-order valence-corrected chi connectivity index (χ2v) is 5.40. The Morgan fingerprint density at radius 1 is 1.40 bits per heavy atom. The van der Waals surface area contributed by atoms with E-state index in [1.165, 1.54) is 6.92 Å². The first-order valence-electron chi connectivity index (χ1n) is 8.17. The maximum absolute atomic E-state index is 10.1. The molecule has 1 aromatic carbocycles. The molecule has 0 radical (unpaired) electrons. The van der Waals surface area contributed by atoms with Gasteiger partial charge >= 0.3 is 5.70 Å². The molecule has 0 aliphatic carbocycles. The highest BCUT2D eigenvalue weighted by atomic mass is 16.6. The van der Waals surface area contributed by atoms with Crippen LogP contribution in [0.4, 0.5) is 0 Å². The third-order valence-corrected chi connectivity index (χ3v) is 3.53. The van der Waals surface area contributed by atoms with Crippen molar-refractivity contribution >= 4 is 11.5 Å². The van der Waals surface area contributed by atoms with Crippen molar-refractivity contribution in [1.29, 1.82) is 5.39 Å². The molecule has 1 N–H and O–H groups in total. The average Bonchev–Trinajstić information content (AvgIpc) is 2.64. The summed E-state index contributed by atoms with van der Waals surface area (Å²) in [7, 11) is 1.54. The van der Waals surface area contributed by atoms with Gasteiger partial charge in [-0.15, -0.1) is 6.58 Å². The molecule has 0 spiro atoms. The highest BCUT2D eigenvalue weighted by Gasteiger charge is 2.15. The van der Waals surface area contributed by atoms with Crippen molar-refractivity contribution < 1.29 is 9.94 Å². The minimum Gasteiger partial charge on any atom is -0.501 e. The monoisotopic (exact) mass is 338 g/mol. The van der Waals surface area contributed by atoms with Crippen LogP contribution in [0.2, 0.25) is 0 Å². The molecular formula is C20H24N3O2+. The van der Waals surface area contributed by atoms with Crippen molar-refractivity contribution in [2.24, 2.45) is 5.16 Å². The van der Waals surface area contributed by atoms with Crippen molar-refractivity contribution in [2.75, 3.05) is 7.11 Å². The molecule has 5 nitrogen and oxygen atoms in total. The van der Waals surface area contributed by atoms with E-state index in [0.29, 0.717) is 17.5 Å². The maximum Gasteiger partial charge on any atom is 0.400 e. The lowest BCUT2D eigenvalue weighted by Gasteiger charge is -2.02. The highest BCUT2D eigenvalue weighted by molar-refractivity contribution is 5.84. The molecule has 0 fully saturated rings. The van der Waals surface area contributed by atoms with Crippen LogP contribution >= 0.6 is 0 Å². The smallest absolute Gasteiger partial charge is 0.400 e. The van der Waals surface area contributed by atoms with Crippen LogP contribution in [0.15, 0.2) is 47.8 Å². The Morgan fingerprint density at radius 3 is 2.84 bits per heavy atom. The number of oxime groups is 1. The Labute approximate surface area is 149 Å². The van der Waals surface area contributed by atoms with Crippen LogP contribution in [-0.4, -0.2) is 17.9 Å². The number of nitrogens with zero attached hydrogens (tertiary/aromatic N) is 3. The minimum absolute atomic E-state index is 0.0848. The van der Waals surface area contributed by atoms with Gasteiger partial charge in [0.05, 0.1) is 5.71 Å². The molecule has 0 saturated carbocycles. The second-order valence-electron chi connectivity index (χ2n) is 5.40. The van der Waals surface area contributed by atoms with E-state index in [4.69, 9.17) is 10.2 Å². The zero-order valence-corrected chi connectivity index (χ0v) is 14.8. The fraction of sp³-hybridized carbons (Fsp3) is 0.350. The second kappa shape index (κ2) is 11.5. The molecule has 0 unspecified atom stereocenters. The third-order valence-electron chi connectivity index (χ3n) is 3.53. The summed E-state index contributed by atoms with van der Waals surface area (Å²) in [5.74, 6) is 6.07. The Hall–Kier alpha value is -3.05. The number of hydrogen-bond acceptors (Lipinski definition) is 4. The van der Waals surface area contributed by atoms with Crippen LogP contribution in [0.25, 0.3) is 10.7 Å². The number of allylic oxidation sites excluding steroid dienone is 2. The number of unbranched alkanes of at least 4 members (excludes halogenated alkanes) is 1. The molecule has 5 heteroatoms. The molecular weight excluding hydrogens is 314 g/mol. The van der Waals surface area contributed by atoms with Gasteiger partial charge in [-0.05, 0) is 37.8 Å². The SMILES string of the molecule is C=CCCC/C(CCC#Cc1ccccc1/C(O)=C(\C)[N+]#N)=N\OC. The van der Waals surface area contributed by atoms with E-state index < -0.39 is 0 Å². The Balaban J connectivity index is 2.81. The van der Waals surface area contributed by atoms with E-state index in [9.17, 15) is 5.11 Å². The standard InChI is InChI=1S/C20H23N3O2/c1-4-5-6-13-18(23-25-3)14-9-7-11-17-12-8-10-15-19(17)20(24)16(2)22-21/h4,8,10,12,15H,1,5-6,9,13-14H2,2-3H3/p+1/b20-16-,23-18+. The first-order chi connectivity index (χ1) is 12.1. The predicted molar refractivity (Wildman–Crippen MR) is 101 cm³/mol. The van der Waals surface area contributed by atoms with Gasteiger partial charge in [-0.25, -0.2) is 0 Å². The van der Waals surface area contributed by atoms with Crippen molar-refractivity contribution in [1.82, 2.24) is 0 Å². The summed E-state index contributed by atoms with van der Waals surface area (Å²) in [6, 6.07) is 7.20. The van der Waals surface area contributed by atoms with Crippen molar-refractivity contribution in [3.8, 4) is 11.8 Å². The van der Waals surface area contributed by atoms with Gasteiger partial charge in [-0.1, -0.05) is 35.2 Å². The van der Waals surface area contributed by atoms with Crippen LogP contribution in [0.3, 0.4) is 0 Å². The number of rotatable bonds is 8. The lowest BCUT2D eigenvalue weighted by molar-refractivity contribution is 0.211. The van der Waals surface area contributed by atoms with Crippen LogP contribution in [0.5, 0.6) is 0 Å². The van der Waals surface area contributed by atoms with Gasteiger partial charge in [0.1, 0.15) is 7.11 Å². The summed E-state index contributed by atoms with van der Waals surface area (Å²) in [6.45, 7) is 5.24. The molecule has 0 amide bonds. The van der Waals surface area contributed by atoms with Crippen LogP contribution in [-0.2, 0) is 4.84 Å². The van der Waals surface area contributed by atoms with Gasteiger partial charge in [0.2, 0.25) is 11.2 Å². The quantitative estimate of drug-likeness (QED) is 0.133. The third kappa shape index (κ3) is 6.93. The van der Waals surface area contributed by atoms with E-state index in [2.05, 4.69) is 28.6 Å². The van der Waals surface area contributed by atoms with E-state index >= 15 is 0 Å². The number of aliphatic hydroxyl groups is 1. The molecule has 0 saturated heterocycles. The number of diazo groups is 1. The van der Waals surface area contributed by atoms with Crippen LogP contribution in [0.1, 0.15) is 50.2 Å². The summed E-state index contributed by atoms with van der Waals surface area (Å²) >= 11 is 0. The zero-order valence-electron chi connectivity index (χ0n) is 14.8. The maximum atomic E-state index is 10.1. The van der Waals surface area contributed by atoms with Gasteiger partial charge in [0, 0.05) is 24.5 Å². The molecule has 0 heterocycles. The Kier molecular flexibility index (Phi) is 9.18. The molecule has 130 valence electrons. The molecule has 0 aromatic heterocycles. The van der Waals surface area contributed by atoms with Gasteiger partial charge in [-0.2, -0.15) is 0 Å². The molecule has 0 aliphatic heterocycles. The molecule has 1 rings (SSSR count). The first kappa shape index (κ1) is 20.0. The number of benzene rings is 1. The first-order valence-corrected chi connectivity index (χ1v) is 8.17. The Bertz CT molecular complexity index is 746. The fourth-order valence-corrected chi connectivity index (χ4v) is 2.20. The van der Waals surface area contributed by atoms with E-state index in [1.807, 2.05) is 18.2 Å². The summed E-state index contributed by atoms with van der Waals surface area (Å²) in [6.07, 6.45) is 6.05. The van der Waals surface area contributed by atoms with Gasteiger partial charge < -0.3 is 9.94 Å².